The molecule has 0 aliphatic heterocycles. The molecule has 15 heavy (non-hydrogen) atoms. The van der Waals surface area contributed by atoms with Gasteiger partial charge in [0.15, 0.2) is 5.78 Å². The van der Waals surface area contributed by atoms with Crippen molar-refractivity contribution in [2.75, 3.05) is 0 Å². The van der Waals surface area contributed by atoms with E-state index in [9.17, 15) is 4.79 Å². The van der Waals surface area contributed by atoms with Crippen molar-refractivity contribution in [1.29, 1.82) is 0 Å². The Kier molecular flexibility index (Phi) is 4.00. The molecule has 0 bridgehead atoms. The van der Waals surface area contributed by atoms with E-state index in [1.54, 1.807) is 0 Å². The molecule has 0 aliphatic rings. The highest BCUT2D eigenvalue weighted by Gasteiger charge is 2.06. The smallest absolute Gasteiger partial charge is 0.193 e. The Hall–Kier alpha value is -1.67. The van der Waals surface area contributed by atoms with Crippen molar-refractivity contribution in [3.05, 3.63) is 71.8 Å². The van der Waals surface area contributed by atoms with Gasteiger partial charge >= 0.3 is 0 Å². The summed E-state index contributed by atoms with van der Waals surface area (Å²) in [4.78, 5) is 11.8. The minimum absolute atomic E-state index is 0. The van der Waals surface area contributed by atoms with Crippen molar-refractivity contribution >= 4 is 16.7 Å². The highest BCUT2D eigenvalue weighted by atomic mass is 28.1. The summed E-state index contributed by atoms with van der Waals surface area (Å²) in [6, 6.07) is 18.6. The molecule has 0 aliphatic carbocycles. The van der Waals surface area contributed by atoms with Crippen LogP contribution in [0.1, 0.15) is 15.9 Å². The topological polar surface area (TPSA) is 17.1 Å². The first-order chi connectivity index (χ1) is 6.88. The van der Waals surface area contributed by atoms with E-state index in [4.69, 9.17) is 0 Å². The molecule has 4 radical (unpaired) electrons. The van der Waals surface area contributed by atoms with Crippen LogP contribution in [0.5, 0.6) is 0 Å². The fourth-order valence-electron chi connectivity index (χ4n) is 1.35. The second-order valence-electron chi connectivity index (χ2n) is 3.06. The van der Waals surface area contributed by atoms with Crippen molar-refractivity contribution in [3.63, 3.8) is 0 Å². The Bertz CT molecular complexity index is 381. The minimum Gasteiger partial charge on any atom is -0.289 e. The first kappa shape index (κ1) is 11.4. The van der Waals surface area contributed by atoms with Crippen LogP contribution in [0.3, 0.4) is 0 Å². The van der Waals surface area contributed by atoms with Crippen molar-refractivity contribution in [2.45, 2.75) is 0 Å². The molecule has 1 nitrogen and oxygen atoms in total. The number of rotatable bonds is 2. The number of carbonyl (C=O) groups is 1. The summed E-state index contributed by atoms with van der Waals surface area (Å²) in [7, 11) is 0. The second kappa shape index (κ2) is 5.27. The van der Waals surface area contributed by atoms with Gasteiger partial charge in [-0.05, 0) is 0 Å². The fraction of sp³-hybridized carbons (Fsp3) is 0. The fourth-order valence-corrected chi connectivity index (χ4v) is 1.35. The molecular formula is C13H10OSi. The summed E-state index contributed by atoms with van der Waals surface area (Å²) in [5.74, 6) is 0.0752. The van der Waals surface area contributed by atoms with Gasteiger partial charge in [-0.2, -0.15) is 0 Å². The number of carbonyl (C=O) groups excluding carboxylic acids is 1. The summed E-state index contributed by atoms with van der Waals surface area (Å²) >= 11 is 0. The van der Waals surface area contributed by atoms with Crippen LogP contribution in [0.2, 0.25) is 0 Å². The van der Waals surface area contributed by atoms with Crippen LogP contribution in [0, 0.1) is 0 Å². The third-order valence-electron chi connectivity index (χ3n) is 2.07. The van der Waals surface area contributed by atoms with Crippen molar-refractivity contribution < 1.29 is 4.79 Å². The Balaban J connectivity index is 0.00000112. The monoisotopic (exact) mass is 210 g/mol. The molecule has 0 atom stereocenters. The summed E-state index contributed by atoms with van der Waals surface area (Å²) < 4.78 is 0. The lowest BCUT2D eigenvalue weighted by molar-refractivity contribution is 0.103. The molecule has 0 saturated heterocycles. The number of benzene rings is 2. The standard InChI is InChI=1S/C13H10O.Si/c14-13(11-7-3-1-4-8-11)12-9-5-2-6-10-12;/h1-10H;. The average Bonchev–Trinajstić information content (AvgIpc) is 2.30. The lowest BCUT2D eigenvalue weighted by Crippen LogP contribution is -1.99. The van der Waals surface area contributed by atoms with Gasteiger partial charge in [0, 0.05) is 22.1 Å². The second-order valence-corrected chi connectivity index (χ2v) is 3.06. The first-order valence-electron chi connectivity index (χ1n) is 4.53. The maximum absolute atomic E-state index is 11.8. The summed E-state index contributed by atoms with van der Waals surface area (Å²) in [6.07, 6.45) is 0. The molecule has 0 aromatic heterocycles. The first-order valence-corrected chi connectivity index (χ1v) is 4.53. The van der Waals surface area contributed by atoms with E-state index in [2.05, 4.69) is 0 Å². The van der Waals surface area contributed by atoms with Crippen LogP contribution in [-0.2, 0) is 0 Å². The molecule has 0 heterocycles. The summed E-state index contributed by atoms with van der Waals surface area (Å²) in [5.41, 5.74) is 1.47. The van der Waals surface area contributed by atoms with Gasteiger partial charge in [0.1, 0.15) is 0 Å². The lowest BCUT2D eigenvalue weighted by atomic mass is 10.0. The average molecular weight is 210 g/mol. The number of hydrogen-bond acceptors (Lipinski definition) is 1. The number of hydrogen-bond donors (Lipinski definition) is 0. The van der Waals surface area contributed by atoms with Gasteiger partial charge < -0.3 is 0 Å². The van der Waals surface area contributed by atoms with Crippen LogP contribution in [0.4, 0.5) is 0 Å². The summed E-state index contributed by atoms with van der Waals surface area (Å²) in [5, 5.41) is 0. The van der Waals surface area contributed by atoms with Gasteiger partial charge in [-0.3, -0.25) is 4.79 Å². The molecule has 72 valence electrons. The predicted molar refractivity (Wildman–Crippen MR) is 62.1 cm³/mol. The van der Waals surface area contributed by atoms with Crippen molar-refractivity contribution in [2.24, 2.45) is 0 Å². The van der Waals surface area contributed by atoms with E-state index in [1.807, 2.05) is 60.7 Å². The maximum atomic E-state index is 11.8. The van der Waals surface area contributed by atoms with Crippen molar-refractivity contribution in [1.82, 2.24) is 0 Å². The zero-order valence-corrected chi connectivity index (χ0v) is 9.18. The van der Waals surface area contributed by atoms with Gasteiger partial charge in [-0.25, -0.2) is 0 Å². The zero-order chi connectivity index (χ0) is 9.80. The minimum atomic E-state index is 0. The predicted octanol–water partition coefficient (Wildman–Crippen LogP) is 2.54. The van der Waals surface area contributed by atoms with Crippen LogP contribution < -0.4 is 0 Å². The van der Waals surface area contributed by atoms with Crippen molar-refractivity contribution in [3.8, 4) is 0 Å². The van der Waals surface area contributed by atoms with E-state index in [0.717, 1.165) is 11.1 Å². The van der Waals surface area contributed by atoms with Crippen LogP contribution in [0.25, 0.3) is 0 Å². The lowest BCUT2D eigenvalue weighted by Gasteiger charge is -1.99. The highest BCUT2D eigenvalue weighted by Crippen LogP contribution is 2.08. The zero-order valence-electron chi connectivity index (χ0n) is 8.18. The van der Waals surface area contributed by atoms with Gasteiger partial charge in [0.25, 0.3) is 0 Å². The highest BCUT2D eigenvalue weighted by molar-refractivity contribution is 6.08. The Morgan fingerprint density at radius 3 is 1.33 bits per heavy atom. The molecule has 0 spiro atoms. The molecular weight excluding hydrogens is 200 g/mol. The molecule has 2 rings (SSSR count). The molecule has 0 fully saturated rings. The van der Waals surface area contributed by atoms with Gasteiger partial charge in [-0.1, -0.05) is 60.7 Å². The summed E-state index contributed by atoms with van der Waals surface area (Å²) in [6.45, 7) is 0. The Labute approximate surface area is 93.8 Å². The Morgan fingerprint density at radius 1 is 0.667 bits per heavy atom. The Morgan fingerprint density at radius 2 is 1.00 bits per heavy atom. The van der Waals surface area contributed by atoms with E-state index >= 15 is 0 Å². The van der Waals surface area contributed by atoms with Gasteiger partial charge in [0.2, 0.25) is 0 Å². The van der Waals surface area contributed by atoms with E-state index in [0.29, 0.717) is 0 Å². The maximum Gasteiger partial charge on any atom is 0.193 e. The van der Waals surface area contributed by atoms with Crippen LogP contribution in [0.15, 0.2) is 60.7 Å². The molecule has 2 heteroatoms. The van der Waals surface area contributed by atoms with E-state index in [1.165, 1.54) is 0 Å². The number of ketones is 1. The van der Waals surface area contributed by atoms with Gasteiger partial charge in [-0.15, -0.1) is 0 Å². The molecule has 0 saturated carbocycles. The molecule has 2 aromatic rings. The van der Waals surface area contributed by atoms with Crippen LogP contribution >= 0.6 is 0 Å². The van der Waals surface area contributed by atoms with E-state index in [-0.39, 0.29) is 16.7 Å². The molecule has 0 N–H and O–H groups in total. The quantitative estimate of drug-likeness (QED) is 0.550. The normalized spacial score (nSPS) is 9.07. The third kappa shape index (κ3) is 2.64. The molecule has 2 aromatic carbocycles. The van der Waals surface area contributed by atoms with E-state index < -0.39 is 0 Å². The third-order valence-corrected chi connectivity index (χ3v) is 2.07. The molecule has 0 unspecified atom stereocenters. The van der Waals surface area contributed by atoms with Gasteiger partial charge in [0.05, 0.1) is 0 Å². The largest absolute Gasteiger partial charge is 0.289 e. The molecule has 0 amide bonds. The van der Waals surface area contributed by atoms with Crippen LogP contribution in [-0.4, -0.2) is 16.7 Å². The SMILES string of the molecule is O=C(c1ccccc1)c1ccccc1.[Si].